The number of nitro groups is 1. The number of anilines is 1. The predicted molar refractivity (Wildman–Crippen MR) is 71.6 cm³/mol. The molecule has 7 nitrogen and oxygen atoms in total. The van der Waals surface area contributed by atoms with Crippen LogP contribution < -0.4 is 5.32 Å². The van der Waals surface area contributed by atoms with Gasteiger partial charge in [0.1, 0.15) is 11.3 Å². The van der Waals surface area contributed by atoms with Crippen molar-refractivity contribution in [3.8, 4) is 0 Å². The molecule has 2 aromatic heterocycles. The van der Waals surface area contributed by atoms with Crippen LogP contribution in [0.25, 0.3) is 11.1 Å². The first kappa shape index (κ1) is 12.2. The first-order valence-electron chi connectivity index (χ1n) is 6.03. The van der Waals surface area contributed by atoms with Crippen LogP contribution in [0.5, 0.6) is 0 Å². The highest BCUT2D eigenvalue weighted by Gasteiger charge is 2.11. The molecule has 3 rings (SSSR count). The third-order valence-corrected chi connectivity index (χ3v) is 2.81. The average Bonchev–Trinajstić information content (AvgIpc) is 3.06. The Morgan fingerprint density at radius 2 is 2.25 bits per heavy atom. The maximum atomic E-state index is 10.7. The maximum Gasteiger partial charge on any atom is 0.295 e. The van der Waals surface area contributed by atoms with Gasteiger partial charge in [0.15, 0.2) is 5.58 Å². The Kier molecular flexibility index (Phi) is 3.08. The molecule has 1 aromatic carbocycles. The summed E-state index contributed by atoms with van der Waals surface area (Å²) in [5.74, 6) is 0.865. The van der Waals surface area contributed by atoms with Gasteiger partial charge in [0.25, 0.3) is 11.7 Å². The number of hydrogen-bond donors (Lipinski definition) is 1. The fourth-order valence-electron chi connectivity index (χ4n) is 1.85. The van der Waals surface area contributed by atoms with Crippen molar-refractivity contribution >= 4 is 22.8 Å². The highest BCUT2D eigenvalue weighted by Crippen LogP contribution is 2.23. The molecule has 0 spiro atoms. The lowest BCUT2D eigenvalue weighted by atomic mass is 10.3. The number of nitrogens with zero attached hydrogens (tertiary/aromatic N) is 2. The van der Waals surface area contributed by atoms with E-state index in [1.807, 2.05) is 12.1 Å². The highest BCUT2D eigenvalue weighted by molar-refractivity contribution is 5.77. The number of aromatic nitrogens is 1. The number of nitro benzene ring substituents is 1. The Hall–Kier alpha value is -2.83. The molecular weight excluding hydrogens is 262 g/mol. The molecule has 0 aliphatic heterocycles. The monoisotopic (exact) mass is 273 g/mol. The molecule has 0 amide bonds. The van der Waals surface area contributed by atoms with Gasteiger partial charge < -0.3 is 14.2 Å². The fourth-order valence-corrected chi connectivity index (χ4v) is 1.85. The van der Waals surface area contributed by atoms with Gasteiger partial charge in [-0.1, -0.05) is 0 Å². The van der Waals surface area contributed by atoms with E-state index in [9.17, 15) is 10.1 Å². The lowest BCUT2D eigenvalue weighted by Gasteiger charge is -1.98. The second-order valence-corrected chi connectivity index (χ2v) is 4.18. The van der Waals surface area contributed by atoms with Gasteiger partial charge in [-0.15, -0.1) is 0 Å². The number of rotatable bonds is 5. The summed E-state index contributed by atoms with van der Waals surface area (Å²) in [4.78, 5) is 14.4. The van der Waals surface area contributed by atoms with Crippen LogP contribution in [0.15, 0.2) is 45.4 Å². The fraction of sp³-hybridized carbons (Fsp3) is 0.154. The van der Waals surface area contributed by atoms with E-state index in [0.29, 0.717) is 30.1 Å². The molecule has 0 aliphatic rings. The number of fused-ring (bicyclic) bond motifs is 1. The average molecular weight is 273 g/mol. The summed E-state index contributed by atoms with van der Waals surface area (Å²) >= 11 is 0. The zero-order valence-corrected chi connectivity index (χ0v) is 10.4. The zero-order chi connectivity index (χ0) is 13.9. The van der Waals surface area contributed by atoms with E-state index < -0.39 is 4.92 Å². The number of oxazole rings is 1. The van der Waals surface area contributed by atoms with Gasteiger partial charge in [0, 0.05) is 19.0 Å². The van der Waals surface area contributed by atoms with Crippen molar-refractivity contribution in [2.24, 2.45) is 0 Å². The van der Waals surface area contributed by atoms with Gasteiger partial charge in [0.2, 0.25) is 0 Å². The second-order valence-electron chi connectivity index (χ2n) is 4.18. The molecule has 0 saturated carbocycles. The minimum atomic E-state index is -0.466. The standard InChI is InChI=1S/C13H11N3O4/c17-16(18)9-3-4-11-12(8-9)20-13(15-11)14-6-5-10-2-1-7-19-10/h1-4,7-8H,5-6H2,(H,14,15). The summed E-state index contributed by atoms with van der Waals surface area (Å²) in [5.41, 5.74) is 0.951. The van der Waals surface area contributed by atoms with E-state index in [-0.39, 0.29) is 5.69 Å². The third-order valence-electron chi connectivity index (χ3n) is 2.81. The van der Waals surface area contributed by atoms with Crippen LogP contribution in [0.1, 0.15) is 5.76 Å². The maximum absolute atomic E-state index is 10.7. The Balaban J connectivity index is 1.70. The van der Waals surface area contributed by atoms with Crippen molar-refractivity contribution in [2.75, 3.05) is 11.9 Å². The number of nitrogens with one attached hydrogen (secondary N) is 1. The lowest BCUT2D eigenvalue weighted by molar-refractivity contribution is -0.384. The number of hydrogen-bond acceptors (Lipinski definition) is 6. The first-order valence-corrected chi connectivity index (χ1v) is 6.03. The topological polar surface area (TPSA) is 94.3 Å². The second kappa shape index (κ2) is 5.04. The summed E-state index contributed by atoms with van der Waals surface area (Å²) in [7, 11) is 0. The zero-order valence-electron chi connectivity index (χ0n) is 10.4. The Labute approximate surface area is 113 Å². The Bertz CT molecular complexity index is 733. The van der Waals surface area contributed by atoms with E-state index >= 15 is 0 Å². The van der Waals surface area contributed by atoms with Crippen LogP contribution in [0.4, 0.5) is 11.7 Å². The van der Waals surface area contributed by atoms with E-state index in [4.69, 9.17) is 8.83 Å². The third kappa shape index (κ3) is 2.46. The van der Waals surface area contributed by atoms with E-state index in [0.717, 1.165) is 5.76 Å². The number of benzene rings is 1. The molecule has 3 aromatic rings. The lowest BCUT2D eigenvalue weighted by Crippen LogP contribution is -2.04. The Morgan fingerprint density at radius 3 is 3.00 bits per heavy atom. The molecule has 0 radical (unpaired) electrons. The minimum Gasteiger partial charge on any atom is -0.469 e. The van der Waals surface area contributed by atoms with Gasteiger partial charge >= 0.3 is 0 Å². The van der Waals surface area contributed by atoms with Gasteiger partial charge in [0.05, 0.1) is 17.3 Å². The highest BCUT2D eigenvalue weighted by atomic mass is 16.6. The summed E-state index contributed by atoms with van der Waals surface area (Å²) < 4.78 is 10.6. The Morgan fingerprint density at radius 1 is 1.35 bits per heavy atom. The van der Waals surface area contributed by atoms with Crippen LogP contribution in [0.2, 0.25) is 0 Å². The van der Waals surface area contributed by atoms with E-state index in [2.05, 4.69) is 10.3 Å². The first-order chi connectivity index (χ1) is 9.72. The normalized spacial score (nSPS) is 10.8. The van der Waals surface area contributed by atoms with Crippen molar-refractivity contribution in [1.29, 1.82) is 0 Å². The minimum absolute atomic E-state index is 0.0178. The molecule has 0 saturated heterocycles. The molecule has 20 heavy (non-hydrogen) atoms. The smallest absolute Gasteiger partial charge is 0.295 e. The van der Waals surface area contributed by atoms with E-state index in [1.165, 1.54) is 12.1 Å². The quantitative estimate of drug-likeness (QED) is 0.567. The van der Waals surface area contributed by atoms with Crippen molar-refractivity contribution < 1.29 is 13.8 Å². The largest absolute Gasteiger partial charge is 0.469 e. The summed E-state index contributed by atoms with van der Waals surface area (Å²) in [6, 6.07) is 8.38. The molecule has 102 valence electrons. The molecule has 2 heterocycles. The molecule has 0 aliphatic carbocycles. The molecule has 0 unspecified atom stereocenters. The van der Waals surface area contributed by atoms with Crippen LogP contribution in [0.3, 0.4) is 0 Å². The molecule has 0 bridgehead atoms. The van der Waals surface area contributed by atoms with Crippen molar-refractivity contribution in [3.05, 3.63) is 52.5 Å². The van der Waals surface area contributed by atoms with Gasteiger partial charge in [-0.2, -0.15) is 4.98 Å². The van der Waals surface area contributed by atoms with Crippen LogP contribution in [-0.4, -0.2) is 16.5 Å². The van der Waals surface area contributed by atoms with Gasteiger partial charge in [-0.05, 0) is 18.2 Å². The summed E-state index contributed by atoms with van der Waals surface area (Å²) in [5, 5.41) is 13.7. The SMILES string of the molecule is O=[N+]([O-])c1ccc2nc(NCCc3ccco3)oc2c1. The van der Waals surface area contributed by atoms with Crippen LogP contribution >= 0.6 is 0 Å². The molecule has 1 N–H and O–H groups in total. The molecular formula is C13H11N3O4. The molecule has 7 heteroatoms. The van der Waals surface area contributed by atoms with Crippen molar-refractivity contribution in [2.45, 2.75) is 6.42 Å². The molecule has 0 atom stereocenters. The number of non-ortho nitro benzene ring substituents is 1. The van der Waals surface area contributed by atoms with E-state index in [1.54, 1.807) is 12.3 Å². The van der Waals surface area contributed by atoms with Crippen LogP contribution in [-0.2, 0) is 6.42 Å². The van der Waals surface area contributed by atoms with Gasteiger partial charge in [-0.3, -0.25) is 10.1 Å². The summed E-state index contributed by atoms with van der Waals surface area (Å²) in [6.45, 7) is 0.600. The summed E-state index contributed by atoms with van der Waals surface area (Å²) in [6.07, 6.45) is 2.32. The molecule has 0 fully saturated rings. The van der Waals surface area contributed by atoms with Gasteiger partial charge in [-0.25, -0.2) is 0 Å². The van der Waals surface area contributed by atoms with Crippen LogP contribution in [0, 0.1) is 10.1 Å². The van der Waals surface area contributed by atoms with Crippen molar-refractivity contribution in [3.63, 3.8) is 0 Å². The predicted octanol–water partition coefficient (Wildman–Crippen LogP) is 2.98. The number of furan rings is 1. The van der Waals surface area contributed by atoms with Crippen molar-refractivity contribution in [1.82, 2.24) is 4.98 Å².